The number of carbonyl (C=O) groups is 3. The largest absolute Gasteiger partial charge is 0.496 e. The highest BCUT2D eigenvalue weighted by molar-refractivity contribution is 5.81. The summed E-state index contributed by atoms with van der Waals surface area (Å²) in [5.74, 6) is 2.24. The van der Waals surface area contributed by atoms with Crippen molar-refractivity contribution in [3.05, 3.63) is 89.3 Å². The number of ether oxygens (including phenoxy) is 4. The van der Waals surface area contributed by atoms with Crippen LogP contribution >= 0.6 is 0 Å². The smallest absolute Gasteiger partial charge is 0.258 e. The third-order valence-electron chi connectivity index (χ3n) is 8.45. The second-order valence-corrected chi connectivity index (χ2v) is 11.7. The summed E-state index contributed by atoms with van der Waals surface area (Å²) in [6.45, 7) is 2.23. The Bertz CT molecular complexity index is 1790. The van der Waals surface area contributed by atoms with E-state index in [0.717, 1.165) is 16.7 Å². The number of benzene rings is 3. The number of amides is 3. The molecule has 1 saturated heterocycles. The predicted octanol–water partition coefficient (Wildman–Crippen LogP) is 3.63. The summed E-state index contributed by atoms with van der Waals surface area (Å²) in [5.41, 5.74) is 3.04. The van der Waals surface area contributed by atoms with Crippen molar-refractivity contribution in [3.8, 4) is 34.5 Å². The van der Waals surface area contributed by atoms with Crippen LogP contribution in [0.2, 0.25) is 0 Å². The van der Waals surface area contributed by atoms with E-state index in [1.165, 1.54) is 7.11 Å². The van der Waals surface area contributed by atoms with Crippen molar-refractivity contribution in [2.45, 2.75) is 44.9 Å². The summed E-state index contributed by atoms with van der Waals surface area (Å²) in [7, 11) is 3.07. The Morgan fingerprint density at radius 3 is 2.56 bits per heavy atom. The summed E-state index contributed by atoms with van der Waals surface area (Å²) < 4.78 is 29.2. The minimum atomic E-state index is -0.578. The van der Waals surface area contributed by atoms with Crippen molar-refractivity contribution in [1.82, 2.24) is 20.5 Å². The van der Waals surface area contributed by atoms with Crippen molar-refractivity contribution in [2.24, 2.45) is 0 Å². The van der Waals surface area contributed by atoms with E-state index in [-0.39, 0.29) is 56.8 Å². The van der Waals surface area contributed by atoms with Crippen LogP contribution < -0.4 is 29.6 Å². The van der Waals surface area contributed by atoms with Gasteiger partial charge < -0.3 is 38.9 Å². The fourth-order valence-corrected chi connectivity index (χ4v) is 5.82. The first kappa shape index (κ1) is 32.4. The first-order chi connectivity index (χ1) is 23.3. The van der Waals surface area contributed by atoms with Crippen molar-refractivity contribution < 1.29 is 37.7 Å². The Labute approximate surface area is 278 Å². The number of oxazole rings is 1. The highest BCUT2D eigenvalue weighted by Crippen LogP contribution is 2.30. The van der Waals surface area contributed by atoms with Gasteiger partial charge in [-0.1, -0.05) is 24.3 Å². The van der Waals surface area contributed by atoms with Gasteiger partial charge in [-0.2, -0.15) is 0 Å². The number of methoxy groups -OCH3 is 2. The maximum atomic E-state index is 13.6. The van der Waals surface area contributed by atoms with Crippen LogP contribution in [-0.2, 0) is 33.8 Å². The maximum Gasteiger partial charge on any atom is 0.258 e. The van der Waals surface area contributed by atoms with Gasteiger partial charge in [-0.05, 0) is 55.3 Å². The molecule has 12 nitrogen and oxygen atoms in total. The molecule has 250 valence electrons. The number of carbonyl (C=O) groups excluding carboxylic acids is 3. The molecule has 48 heavy (non-hydrogen) atoms. The molecule has 2 atom stereocenters. The van der Waals surface area contributed by atoms with Crippen LogP contribution in [0.15, 0.2) is 71.1 Å². The first-order valence-corrected chi connectivity index (χ1v) is 15.8. The molecule has 3 amide bonds. The van der Waals surface area contributed by atoms with E-state index >= 15 is 0 Å². The fourth-order valence-electron chi connectivity index (χ4n) is 5.82. The van der Waals surface area contributed by atoms with Crippen molar-refractivity contribution in [2.75, 3.05) is 33.9 Å². The van der Waals surface area contributed by atoms with Gasteiger partial charge in [0.2, 0.25) is 17.7 Å². The van der Waals surface area contributed by atoms with E-state index in [1.807, 2.05) is 42.5 Å². The minimum Gasteiger partial charge on any atom is -0.496 e. The lowest BCUT2D eigenvalue weighted by Gasteiger charge is -2.22. The minimum absolute atomic E-state index is 0.0305. The molecule has 2 N–H and O–H groups in total. The summed E-state index contributed by atoms with van der Waals surface area (Å²) in [6, 6.07) is 19.7. The molecule has 4 bridgehead atoms. The van der Waals surface area contributed by atoms with Crippen LogP contribution in [-0.4, -0.2) is 73.7 Å². The molecule has 0 spiro atoms. The summed E-state index contributed by atoms with van der Waals surface area (Å²) in [4.78, 5) is 45.7. The zero-order valence-electron chi connectivity index (χ0n) is 27.1. The second kappa shape index (κ2) is 14.5. The Morgan fingerprint density at radius 1 is 0.958 bits per heavy atom. The van der Waals surface area contributed by atoms with Gasteiger partial charge in [0.15, 0.2) is 18.1 Å². The number of nitrogens with zero attached hydrogens (tertiary/aromatic N) is 2. The Kier molecular flexibility index (Phi) is 9.79. The van der Waals surface area contributed by atoms with Gasteiger partial charge in [0.1, 0.15) is 23.4 Å². The summed E-state index contributed by atoms with van der Waals surface area (Å²) in [5, 5.41) is 5.95. The number of hydrogen-bond donors (Lipinski definition) is 2. The zero-order valence-corrected chi connectivity index (χ0v) is 27.1. The van der Waals surface area contributed by atoms with Gasteiger partial charge in [0.25, 0.3) is 5.91 Å². The Hall–Kier alpha value is -5.52. The van der Waals surface area contributed by atoms with E-state index in [9.17, 15) is 14.4 Å². The summed E-state index contributed by atoms with van der Waals surface area (Å²) in [6.07, 6.45) is 0.224. The normalized spacial score (nSPS) is 18.3. The molecule has 9 rings (SSSR count). The lowest BCUT2D eigenvalue weighted by Crippen LogP contribution is -2.47. The molecule has 1 fully saturated rings. The van der Waals surface area contributed by atoms with Crippen LogP contribution in [0, 0.1) is 6.92 Å². The molecule has 0 saturated carbocycles. The van der Waals surface area contributed by atoms with E-state index in [2.05, 4.69) is 15.6 Å². The highest BCUT2D eigenvalue weighted by Gasteiger charge is 2.38. The zero-order chi connectivity index (χ0) is 33.6. The monoisotopic (exact) mass is 654 g/mol. The van der Waals surface area contributed by atoms with E-state index in [1.54, 1.807) is 43.2 Å². The maximum absolute atomic E-state index is 13.6. The van der Waals surface area contributed by atoms with Crippen molar-refractivity contribution in [1.29, 1.82) is 0 Å². The molecule has 0 unspecified atom stereocenters. The van der Waals surface area contributed by atoms with E-state index < -0.39 is 12.1 Å². The van der Waals surface area contributed by atoms with Gasteiger partial charge in [0, 0.05) is 36.7 Å². The predicted molar refractivity (Wildman–Crippen MR) is 175 cm³/mol. The topological polar surface area (TPSA) is 141 Å². The van der Waals surface area contributed by atoms with Crippen LogP contribution in [0.25, 0.3) is 11.5 Å². The van der Waals surface area contributed by atoms with Gasteiger partial charge >= 0.3 is 0 Å². The van der Waals surface area contributed by atoms with Gasteiger partial charge in [-0.15, -0.1) is 0 Å². The lowest BCUT2D eigenvalue weighted by atomic mass is 10.1. The highest BCUT2D eigenvalue weighted by atomic mass is 16.5. The van der Waals surface area contributed by atoms with Crippen LogP contribution in [0.5, 0.6) is 23.0 Å². The molecule has 0 radical (unpaired) electrons. The van der Waals surface area contributed by atoms with Gasteiger partial charge in [0.05, 0.1) is 38.9 Å². The molecule has 3 aromatic carbocycles. The quantitative estimate of drug-likeness (QED) is 0.330. The molecule has 5 aliphatic rings. The Balaban J connectivity index is 1.23. The molecular formula is C36H38N4O8. The molecule has 0 aliphatic carbocycles. The van der Waals surface area contributed by atoms with E-state index in [4.69, 9.17) is 23.4 Å². The van der Waals surface area contributed by atoms with Crippen LogP contribution in [0.4, 0.5) is 0 Å². The number of aryl methyl sites for hydroxylation is 2. The average molecular weight is 655 g/mol. The fraction of sp³-hybridized carbons (Fsp3) is 0.333. The molecule has 6 heterocycles. The van der Waals surface area contributed by atoms with Gasteiger partial charge in [-0.3, -0.25) is 14.4 Å². The SMILES string of the molecule is COc1cc2ccc1CNC(=O)CCc1ccc(c(OC)c1)OCC(=O)N[C@@H]1CN(C(=O)Cc3nc(-c4ccccc4)oc3C)C[C@H]1O2. The summed E-state index contributed by atoms with van der Waals surface area (Å²) >= 11 is 0. The first-order valence-electron chi connectivity index (χ1n) is 15.8. The third-order valence-corrected chi connectivity index (χ3v) is 8.45. The van der Waals surface area contributed by atoms with E-state index in [0.29, 0.717) is 46.8 Å². The lowest BCUT2D eigenvalue weighted by molar-refractivity contribution is -0.130. The van der Waals surface area contributed by atoms with Gasteiger partial charge in [-0.25, -0.2) is 4.98 Å². The second-order valence-electron chi connectivity index (χ2n) is 11.7. The number of nitrogens with one attached hydrogen (secondary N) is 2. The standard InChI is InChI=1S/C36H38N4O8/c1-22-27(39-36(47-22)24-7-5-4-6-8-24)17-35(43)40-19-28-32(20-40)48-26-12-11-25(30(16-26)44-2)18-37-33(41)14-10-23-9-13-29(31(15-23)45-3)46-21-34(42)38-28/h4-9,11-13,15-16,28,32H,10,14,17-21H2,1-3H3,(H,37,41)(H,38,42)/t28-,32-/m1/s1. The average Bonchev–Trinajstić information content (AvgIpc) is 3.67. The number of rotatable bonds is 5. The van der Waals surface area contributed by atoms with Crippen LogP contribution in [0.3, 0.4) is 0 Å². The molecule has 4 aromatic rings. The molecule has 1 aromatic heterocycles. The molecule has 12 heteroatoms. The third kappa shape index (κ3) is 7.54. The molecule has 5 aliphatic heterocycles. The number of aromatic nitrogens is 1. The van der Waals surface area contributed by atoms with Crippen LogP contribution in [0.1, 0.15) is 29.0 Å². The number of hydrogen-bond acceptors (Lipinski definition) is 9. The van der Waals surface area contributed by atoms with Crippen molar-refractivity contribution in [3.63, 3.8) is 0 Å². The number of likely N-dealkylation sites (tertiary alicyclic amines) is 1. The van der Waals surface area contributed by atoms with Crippen molar-refractivity contribution >= 4 is 17.7 Å². The molecular weight excluding hydrogens is 616 g/mol. The Morgan fingerprint density at radius 2 is 1.77 bits per heavy atom.